The Hall–Kier alpha value is -3.00. The Balaban J connectivity index is 1.60. The van der Waals surface area contributed by atoms with E-state index in [4.69, 9.17) is 25.6 Å². The first-order valence-electron chi connectivity index (χ1n) is 7.72. The van der Waals surface area contributed by atoms with Crippen molar-refractivity contribution in [1.82, 2.24) is 20.0 Å². The van der Waals surface area contributed by atoms with Crippen LogP contribution in [0.15, 0.2) is 41.2 Å². The van der Waals surface area contributed by atoms with Crippen LogP contribution in [0.5, 0.6) is 11.5 Å². The van der Waals surface area contributed by atoms with E-state index in [0.29, 0.717) is 34.7 Å². The van der Waals surface area contributed by atoms with Gasteiger partial charge in [0.05, 0.1) is 18.7 Å². The van der Waals surface area contributed by atoms with Crippen LogP contribution in [0, 0.1) is 0 Å². The second-order valence-electron chi connectivity index (χ2n) is 5.46. The van der Waals surface area contributed by atoms with E-state index in [1.165, 1.54) is 4.90 Å². The topological polar surface area (TPSA) is 93.5 Å². The van der Waals surface area contributed by atoms with Crippen LogP contribution in [0.4, 0.5) is 0 Å². The number of ether oxygens (including phenoxy) is 2. The molecule has 3 aromatic rings. The number of halogens is 1. The number of carbonyl (C=O) groups excluding carboxylic acids is 1. The van der Waals surface area contributed by atoms with E-state index in [2.05, 4.69) is 15.1 Å². The molecule has 0 fully saturated rings. The highest BCUT2D eigenvalue weighted by Crippen LogP contribution is 2.29. The number of carbonyl (C=O) groups is 1. The highest BCUT2D eigenvalue weighted by molar-refractivity contribution is 6.32. The number of nitrogens with zero attached hydrogens (tertiary/aromatic N) is 3. The Bertz CT molecular complexity index is 879. The van der Waals surface area contributed by atoms with E-state index in [9.17, 15) is 4.79 Å². The third-order valence-corrected chi connectivity index (χ3v) is 3.87. The van der Waals surface area contributed by atoms with Gasteiger partial charge in [0.1, 0.15) is 23.9 Å². The smallest absolute Gasteiger partial charge is 0.276 e. The van der Waals surface area contributed by atoms with Gasteiger partial charge in [0.2, 0.25) is 0 Å². The molecular weight excluding hydrogens is 360 g/mol. The first-order valence-corrected chi connectivity index (χ1v) is 8.10. The standard InChI is InChI=1S/C17H17ClN4O4/c1-22(9-16-19-5-6-20-16)17(23)14-8-12(26-21-14)10-25-15-4-3-11(24-2)7-13(15)18/h3-8H,9-10H2,1-2H3,(H,19,20). The summed E-state index contributed by atoms with van der Waals surface area (Å²) in [6.45, 7) is 0.431. The molecule has 1 amide bonds. The molecule has 3 rings (SSSR count). The second-order valence-corrected chi connectivity index (χ2v) is 5.87. The Morgan fingerprint density at radius 1 is 1.38 bits per heavy atom. The van der Waals surface area contributed by atoms with Crippen LogP contribution in [0.3, 0.4) is 0 Å². The summed E-state index contributed by atoms with van der Waals surface area (Å²) in [6, 6.07) is 6.62. The zero-order chi connectivity index (χ0) is 18.5. The number of rotatable bonds is 7. The minimum atomic E-state index is -0.279. The van der Waals surface area contributed by atoms with Gasteiger partial charge in [-0.2, -0.15) is 0 Å². The summed E-state index contributed by atoms with van der Waals surface area (Å²) in [5.74, 6) is 1.92. The van der Waals surface area contributed by atoms with Crippen molar-refractivity contribution in [2.75, 3.05) is 14.2 Å². The Morgan fingerprint density at radius 3 is 2.92 bits per heavy atom. The second kappa shape index (κ2) is 7.92. The van der Waals surface area contributed by atoms with Crippen LogP contribution in [0.1, 0.15) is 22.1 Å². The van der Waals surface area contributed by atoms with Crippen molar-refractivity contribution in [3.05, 3.63) is 59.0 Å². The molecule has 0 aliphatic carbocycles. The van der Waals surface area contributed by atoms with Crippen molar-refractivity contribution in [1.29, 1.82) is 0 Å². The van der Waals surface area contributed by atoms with Gasteiger partial charge in [-0.25, -0.2) is 4.98 Å². The predicted molar refractivity (Wildman–Crippen MR) is 93.2 cm³/mol. The van der Waals surface area contributed by atoms with Gasteiger partial charge in [-0.1, -0.05) is 16.8 Å². The number of amides is 1. The molecule has 1 aromatic carbocycles. The maximum atomic E-state index is 12.4. The van der Waals surface area contributed by atoms with Gasteiger partial charge in [0, 0.05) is 31.6 Å². The highest BCUT2D eigenvalue weighted by Gasteiger charge is 2.18. The summed E-state index contributed by atoms with van der Waals surface area (Å²) >= 11 is 6.12. The third kappa shape index (κ3) is 4.15. The molecule has 0 aliphatic heterocycles. The SMILES string of the molecule is COc1ccc(OCc2cc(C(=O)N(C)Cc3ncc[nH]3)no2)c(Cl)c1. The first-order chi connectivity index (χ1) is 12.6. The van der Waals surface area contributed by atoms with Crippen molar-refractivity contribution in [2.24, 2.45) is 0 Å². The summed E-state index contributed by atoms with van der Waals surface area (Å²) in [5, 5.41) is 4.21. The number of aromatic nitrogens is 3. The molecule has 8 nitrogen and oxygen atoms in total. The summed E-state index contributed by atoms with van der Waals surface area (Å²) in [4.78, 5) is 20.9. The molecule has 2 aromatic heterocycles. The molecule has 1 N–H and O–H groups in total. The van der Waals surface area contributed by atoms with E-state index in [0.717, 1.165) is 0 Å². The Morgan fingerprint density at radius 2 is 2.23 bits per heavy atom. The number of benzene rings is 1. The van der Waals surface area contributed by atoms with Gasteiger partial charge in [-0.05, 0) is 12.1 Å². The molecule has 0 saturated heterocycles. The van der Waals surface area contributed by atoms with Crippen LogP contribution in [-0.4, -0.2) is 40.1 Å². The van der Waals surface area contributed by atoms with Crippen molar-refractivity contribution in [3.63, 3.8) is 0 Å². The molecule has 26 heavy (non-hydrogen) atoms. The Kier molecular flexibility index (Phi) is 5.43. The monoisotopic (exact) mass is 376 g/mol. The average Bonchev–Trinajstić information content (AvgIpc) is 3.31. The molecule has 9 heteroatoms. The fourth-order valence-corrected chi connectivity index (χ4v) is 2.46. The number of hydrogen-bond acceptors (Lipinski definition) is 6. The third-order valence-electron chi connectivity index (χ3n) is 3.58. The number of methoxy groups -OCH3 is 1. The number of aromatic amines is 1. The van der Waals surface area contributed by atoms with Crippen LogP contribution >= 0.6 is 11.6 Å². The maximum absolute atomic E-state index is 12.4. The number of H-pyrrole nitrogens is 1. The van der Waals surface area contributed by atoms with Crippen molar-refractivity contribution >= 4 is 17.5 Å². The molecular formula is C17H17ClN4O4. The summed E-state index contributed by atoms with van der Waals surface area (Å²) in [7, 11) is 3.22. The zero-order valence-electron chi connectivity index (χ0n) is 14.2. The van der Waals surface area contributed by atoms with Crippen LogP contribution in [-0.2, 0) is 13.2 Å². The van der Waals surface area contributed by atoms with Gasteiger partial charge in [0.25, 0.3) is 5.91 Å². The molecule has 0 bridgehead atoms. The molecule has 136 valence electrons. The lowest BCUT2D eigenvalue weighted by Gasteiger charge is -2.13. The number of nitrogens with one attached hydrogen (secondary N) is 1. The summed E-state index contributed by atoms with van der Waals surface area (Å²) < 4.78 is 15.8. The fourth-order valence-electron chi connectivity index (χ4n) is 2.23. The maximum Gasteiger partial charge on any atom is 0.276 e. The molecule has 0 atom stereocenters. The van der Waals surface area contributed by atoms with Crippen molar-refractivity contribution < 1.29 is 18.8 Å². The lowest BCUT2D eigenvalue weighted by molar-refractivity contribution is 0.0771. The predicted octanol–water partition coefficient (Wildman–Crippen LogP) is 2.91. The molecule has 0 spiro atoms. The summed E-state index contributed by atoms with van der Waals surface area (Å²) in [6.07, 6.45) is 3.33. The first kappa shape index (κ1) is 17.8. The van der Waals surface area contributed by atoms with E-state index in [1.807, 2.05) is 0 Å². The fraction of sp³-hybridized carbons (Fsp3) is 0.235. The average molecular weight is 377 g/mol. The van der Waals surface area contributed by atoms with E-state index in [-0.39, 0.29) is 18.2 Å². The van der Waals surface area contributed by atoms with Crippen LogP contribution in [0.2, 0.25) is 5.02 Å². The summed E-state index contributed by atoms with van der Waals surface area (Å²) in [5.41, 5.74) is 0.193. The molecule has 0 unspecified atom stereocenters. The zero-order valence-corrected chi connectivity index (χ0v) is 15.0. The lowest BCUT2D eigenvalue weighted by atomic mass is 10.3. The normalized spacial score (nSPS) is 10.6. The van der Waals surface area contributed by atoms with Crippen LogP contribution in [0.25, 0.3) is 0 Å². The van der Waals surface area contributed by atoms with Gasteiger partial charge in [-0.15, -0.1) is 0 Å². The lowest BCUT2D eigenvalue weighted by Crippen LogP contribution is -2.26. The quantitative estimate of drug-likeness (QED) is 0.681. The highest BCUT2D eigenvalue weighted by atomic mass is 35.5. The van der Waals surface area contributed by atoms with Gasteiger partial charge in [0.15, 0.2) is 11.5 Å². The molecule has 0 aliphatic rings. The van der Waals surface area contributed by atoms with Gasteiger partial charge in [-0.3, -0.25) is 4.79 Å². The van der Waals surface area contributed by atoms with Gasteiger partial charge >= 0.3 is 0 Å². The Labute approximate surface area is 154 Å². The molecule has 2 heterocycles. The van der Waals surface area contributed by atoms with E-state index >= 15 is 0 Å². The molecule has 0 saturated carbocycles. The molecule has 0 radical (unpaired) electrons. The number of hydrogen-bond donors (Lipinski definition) is 1. The minimum absolute atomic E-state index is 0.0915. The van der Waals surface area contributed by atoms with Gasteiger partial charge < -0.3 is 23.9 Å². The largest absolute Gasteiger partial charge is 0.497 e. The van der Waals surface area contributed by atoms with Crippen molar-refractivity contribution in [3.8, 4) is 11.5 Å². The van der Waals surface area contributed by atoms with Crippen LogP contribution < -0.4 is 9.47 Å². The van der Waals surface area contributed by atoms with E-state index < -0.39 is 0 Å². The van der Waals surface area contributed by atoms with E-state index in [1.54, 1.807) is 50.8 Å². The van der Waals surface area contributed by atoms with Crippen molar-refractivity contribution in [2.45, 2.75) is 13.2 Å². The minimum Gasteiger partial charge on any atom is -0.497 e. The number of imidazole rings is 1.